The highest BCUT2D eigenvalue weighted by atomic mass is 35.5. The van der Waals surface area contributed by atoms with E-state index in [9.17, 15) is 9.59 Å². The summed E-state index contributed by atoms with van der Waals surface area (Å²) in [5, 5.41) is 4.61. The van der Waals surface area contributed by atoms with E-state index in [4.69, 9.17) is 16.3 Å². The van der Waals surface area contributed by atoms with Crippen LogP contribution in [0.2, 0.25) is 5.02 Å². The maximum absolute atomic E-state index is 13.1. The van der Waals surface area contributed by atoms with Gasteiger partial charge in [-0.3, -0.25) is 9.69 Å². The van der Waals surface area contributed by atoms with Crippen LogP contribution in [0.1, 0.15) is 16.3 Å². The summed E-state index contributed by atoms with van der Waals surface area (Å²) in [6, 6.07) is 14.6. The number of para-hydroxylation sites is 1. The molecule has 10 heteroatoms. The Hall–Kier alpha value is -3.43. The van der Waals surface area contributed by atoms with Crippen LogP contribution in [0.25, 0.3) is 5.78 Å². The number of halogens is 1. The maximum atomic E-state index is 13.1. The van der Waals surface area contributed by atoms with Gasteiger partial charge in [0.15, 0.2) is 6.61 Å². The minimum absolute atomic E-state index is 0.160. The fraction of sp³-hybridized carbons (Fsp3) is 0.0952. The van der Waals surface area contributed by atoms with Crippen LogP contribution < -0.4 is 4.90 Å². The lowest BCUT2D eigenvalue weighted by Crippen LogP contribution is -2.32. The fourth-order valence-electron chi connectivity index (χ4n) is 3.25. The minimum Gasteiger partial charge on any atom is -0.450 e. The predicted octanol–water partition coefficient (Wildman–Crippen LogP) is 4.07. The van der Waals surface area contributed by atoms with E-state index >= 15 is 0 Å². The highest BCUT2D eigenvalue weighted by Gasteiger charge is 2.29. The number of hydrogen-bond donors (Lipinski definition) is 0. The maximum Gasteiger partial charge on any atom is 0.378 e. The molecule has 8 nitrogen and oxygen atoms in total. The monoisotopic (exact) mass is 451 g/mol. The van der Waals surface area contributed by atoms with Crippen LogP contribution >= 0.6 is 23.4 Å². The molecule has 5 rings (SSSR count). The van der Waals surface area contributed by atoms with E-state index in [0.29, 0.717) is 16.4 Å². The van der Waals surface area contributed by atoms with Crippen molar-refractivity contribution in [3.63, 3.8) is 0 Å². The summed E-state index contributed by atoms with van der Waals surface area (Å²) >= 11 is 7.72. The molecule has 0 atom stereocenters. The Morgan fingerprint density at radius 1 is 1.10 bits per heavy atom. The van der Waals surface area contributed by atoms with Crippen LogP contribution in [0.5, 0.6) is 0 Å². The number of anilines is 2. The smallest absolute Gasteiger partial charge is 0.378 e. The molecular weight excluding hydrogens is 438 g/mol. The molecule has 1 aliphatic rings. The molecule has 0 fully saturated rings. The van der Waals surface area contributed by atoms with E-state index in [2.05, 4.69) is 15.1 Å². The Kier molecular flexibility index (Phi) is 4.84. The van der Waals surface area contributed by atoms with Crippen LogP contribution in [0, 0.1) is 6.92 Å². The largest absolute Gasteiger partial charge is 0.450 e. The zero-order valence-electron chi connectivity index (χ0n) is 16.2. The second-order valence-electron chi connectivity index (χ2n) is 6.72. The van der Waals surface area contributed by atoms with Crippen LogP contribution in [-0.2, 0) is 9.53 Å². The van der Waals surface area contributed by atoms with Crippen LogP contribution in [0.15, 0.2) is 64.5 Å². The number of benzene rings is 2. The van der Waals surface area contributed by atoms with E-state index in [1.165, 1.54) is 9.42 Å². The Labute approximate surface area is 185 Å². The number of nitrogens with zero attached hydrogens (tertiary/aromatic N) is 5. The third kappa shape index (κ3) is 3.51. The summed E-state index contributed by atoms with van der Waals surface area (Å²) in [6.45, 7) is 1.34. The van der Waals surface area contributed by atoms with Gasteiger partial charge in [0.2, 0.25) is 0 Å². The number of carbonyl (C=O) groups is 2. The van der Waals surface area contributed by atoms with Crippen molar-refractivity contribution < 1.29 is 14.3 Å². The lowest BCUT2D eigenvalue weighted by atomic mass is 10.2. The van der Waals surface area contributed by atoms with E-state index in [1.807, 2.05) is 37.3 Å². The first-order valence-corrected chi connectivity index (χ1v) is 10.5. The number of rotatable bonds is 3. The Morgan fingerprint density at radius 2 is 1.90 bits per heavy atom. The lowest BCUT2D eigenvalue weighted by molar-refractivity contribution is -0.121. The second kappa shape index (κ2) is 7.68. The van der Waals surface area contributed by atoms with Crippen molar-refractivity contribution in [3.05, 3.63) is 71.3 Å². The van der Waals surface area contributed by atoms with Crippen LogP contribution in [-0.4, -0.2) is 38.1 Å². The Balaban J connectivity index is 1.41. The molecule has 0 aliphatic carbocycles. The number of amides is 1. The Morgan fingerprint density at radius 3 is 2.74 bits per heavy atom. The number of aryl methyl sites for hydroxylation is 1. The van der Waals surface area contributed by atoms with Gasteiger partial charge in [-0.2, -0.15) is 4.98 Å². The number of fused-ring (bicyclic) bond motifs is 3. The molecule has 1 aliphatic heterocycles. The third-order valence-electron chi connectivity index (χ3n) is 4.68. The normalized spacial score (nSPS) is 12.4. The van der Waals surface area contributed by atoms with E-state index < -0.39 is 18.5 Å². The number of carbonyl (C=O) groups excluding carboxylic acids is 2. The van der Waals surface area contributed by atoms with Gasteiger partial charge in [-0.05, 0) is 43.3 Å². The van der Waals surface area contributed by atoms with Gasteiger partial charge >= 0.3 is 5.97 Å². The lowest BCUT2D eigenvalue weighted by Gasteiger charge is -2.31. The van der Waals surface area contributed by atoms with Gasteiger partial charge in [0.25, 0.3) is 17.5 Å². The molecule has 0 saturated carbocycles. The van der Waals surface area contributed by atoms with Gasteiger partial charge < -0.3 is 4.74 Å². The first-order valence-electron chi connectivity index (χ1n) is 9.26. The van der Waals surface area contributed by atoms with Crippen molar-refractivity contribution in [2.24, 2.45) is 0 Å². The standard InChI is InChI=1S/C21H14ClN5O3S/c1-12-8-9-23-21-24-19(25-27(12)21)20(29)30-11-18(28)26-14-4-2-3-5-16(14)31-17-7-6-13(22)10-15(17)26/h2-10H,11H2,1H3. The van der Waals surface area contributed by atoms with Gasteiger partial charge in [-0.25, -0.2) is 14.3 Å². The second-order valence-corrected chi connectivity index (χ2v) is 8.24. The van der Waals surface area contributed by atoms with Gasteiger partial charge in [-0.1, -0.05) is 35.5 Å². The summed E-state index contributed by atoms with van der Waals surface area (Å²) in [5.41, 5.74) is 2.11. The van der Waals surface area contributed by atoms with Crippen molar-refractivity contribution in [2.75, 3.05) is 11.5 Å². The summed E-state index contributed by atoms with van der Waals surface area (Å²) in [5.74, 6) is -1.09. The molecule has 1 amide bonds. The quantitative estimate of drug-likeness (QED) is 0.433. The van der Waals surface area contributed by atoms with Crippen LogP contribution in [0.3, 0.4) is 0 Å². The minimum atomic E-state index is -0.802. The van der Waals surface area contributed by atoms with Crippen molar-refractivity contribution in [1.82, 2.24) is 19.6 Å². The molecule has 31 heavy (non-hydrogen) atoms. The molecule has 0 spiro atoms. The highest BCUT2D eigenvalue weighted by molar-refractivity contribution is 7.99. The van der Waals surface area contributed by atoms with E-state index in [0.717, 1.165) is 15.5 Å². The van der Waals surface area contributed by atoms with Gasteiger partial charge in [0, 0.05) is 26.7 Å². The number of ether oxygens (including phenoxy) is 1. The number of hydrogen-bond acceptors (Lipinski definition) is 7. The molecule has 0 bridgehead atoms. The number of esters is 1. The number of aromatic nitrogens is 4. The molecule has 4 aromatic rings. The van der Waals surface area contributed by atoms with Crippen molar-refractivity contribution in [3.8, 4) is 0 Å². The van der Waals surface area contributed by atoms with Gasteiger partial charge in [0.1, 0.15) is 0 Å². The molecule has 154 valence electrons. The molecule has 3 heterocycles. The average Bonchev–Trinajstić information content (AvgIpc) is 3.21. The highest BCUT2D eigenvalue weighted by Crippen LogP contribution is 2.48. The SMILES string of the molecule is Cc1ccnc2nc(C(=O)OCC(=O)N3c4ccccc4Sc4ccc(Cl)cc43)nn12. The van der Waals surface area contributed by atoms with Crippen molar-refractivity contribution in [2.45, 2.75) is 16.7 Å². The topological polar surface area (TPSA) is 89.7 Å². The molecule has 0 radical (unpaired) electrons. The van der Waals surface area contributed by atoms with E-state index in [1.54, 1.807) is 36.2 Å². The molecular formula is C21H14ClN5O3S. The first kappa shape index (κ1) is 19.5. The summed E-state index contributed by atoms with van der Waals surface area (Å²) in [7, 11) is 0. The van der Waals surface area contributed by atoms with Gasteiger partial charge in [-0.15, -0.1) is 5.10 Å². The fourth-order valence-corrected chi connectivity index (χ4v) is 4.45. The summed E-state index contributed by atoms with van der Waals surface area (Å²) in [6.07, 6.45) is 1.58. The average molecular weight is 452 g/mol. The molecule has 2 aromatic heterocycles. The zero-order chi connectivity index (χ0) is 21.5. The first-order chi connectivity index (χ1) is 15.0. The summed E-state index contributed by atoms with van der Waals surface area (Å²) < 4.78 is 6.68. The third-order valence-corrected chi connectivity index (χ3v) is 6.04. The van der Waals surface area contributed by atoms with E-state index in [-0.39, 0.29) is 11.6 Å². The van der Waals surface area contributed by atoms with Gasteiger partial charge in [0.05, 0.1) is 11.4 Å². The molecule has 0 N–H and O–H groups in total. The predicted molar refractivity (Wildman–Crippen MR) is 115 cm³/mol. The molecule has 0 unspecified atom stereocenters. The zero-order valence-corrected chi connectivity index (χ0v) is 17.7. The molecule has 2 aromatic carbocycles. The van der Waals surface area contributed by atoms with Crippen molar-refractivity contribution >= 4 is 52.4 Å². The van der Waals surface area contributed by atoms with Crippen molar-refractivity contribution in [1.29, 1.82) is 0 Å². The summed E-state index contributed by atoms with van der Waals surface area (Å²) in [4.78, 5) is 37.1. The van der Waals surface area contributed by atoms with Crippen LogP contribution in [0.4, 0.5) is 11.4 Å². The molecule has 0 saturated heterocycles. The Bertz CT molecular complexity index is 1360.